The third-order valence-corrected chi connectivity index (χ3v) is 3.40. The topological polar surface area (TPSA) is 43.4 Å². The van der Waals surface area contributed by atoms with E-state index in [1.165, 1.54) is 6.92 Å². The van der Waals surface area contributed by atoms with Crippen LogP contribution in [0.4, 0.5) is 8.78 Å². The molecule has 1 unspecified atom stereocenters. The fourth-order valence-corrected chi connectivity index (χ4v) is 1.73. The number of unbranched alkanes of at least 4 members (excludes halogenated alkanes) is 2. The van der Waals surface area contributed by atoms with Gasteiger partial charge in [0.25, 0.3) is 0 Å². The van der Waals surface area contributed by atoms with Crippen molar-refractivity contribution < 1.29 is 21.4 Å². The Morgan fingerprint density at radius 2 is 1.87 bits per heavy atom. The van der Waals surface area contributed by atoms with Crippen LogP contribution in [-0.4, -0.2) is 19.8 Å². The van der Waals surface area contributed by atoms with Gasteiger partial charge in [0, 0.05) is 6.92 Å². The van der Waals surface area contributed by atoms with E-state index in [0.717, 1.165) is 19.3 Å². The lowest BCUT2D eigenvalue weighted by Crippen LogP contribution is -2.30. The standard InChI is InChI=1S/C9H18F2O3S/c1-4-5-6-7-8(2)14-15(12,13)9(3,10)11/h8H,4-7H2,1-3H3. The lowest BCUT2D eigenvalue weighted by Gasteiger charge is -2.16. The molecule has 0 amide bonds. The highest BCUT2D eigenvalue weighted by atomic mass is 32.2. The number of alkyl halides is 2. The summed E-state index contributed by atoms with van der Waals surface area (Å²) in [5.41, 5.74) is 0. The number of halogens is 2. The van der Waals surface area contributed by atoms with E-state index in [4.69, 9.17) is 0 Å². The average molecular weight is 244 g/mol. The van der Waals surface area contributed by atoms with Gasteiger partial charge in [-0.25, -0.2) is 0 Å². The van der Waals surface area contributed by atoms with Gasteiger partial charge in [0.05, 0.1) is 6.10 Å². The third-order valence-electron chi connectivity index (χ3n) is 1.94. The fraction of sp³-hybridized carbons (Fsp3) is 1.00. The van der Waals surface area contributed by atoms with Gasteiger partial charge < -0.3 is 0 Å². The second kappa shape index (κ2) is 5.75. The first-order valence-corrected chi connectivity index (χ1v) is 6.42. The highest BCUT2D eigenvalue weighted by Gasteiger charge is 2.41. The summed E-state index contributed by atoms with van der Waals surface area (Å²) < 4.78 is 51.3. The van der Waals surface area contributed by atoms with Crippen molar-refractivity contribution in [3.8, 4) is 0 Å². The smallest absolute Gasteiger partial charge is 0.262 e. The van der Waals surface area contributed by atoms with Gasteiger partial charge in [-0.2, -0.15) is 17.2 Å². The Morgan fingerprint density at radius 3 is 2.27 bits per heavy atom. The van der Waals surface area contributed by atoms with Gasteiger partial charge in [-0.1, -0.05) is 26.2 Å². The highest BCUT2D eigenvalue weighted by Crippen LogP contribution is 2.24. The van der Waals surface area contributed by atoms with Gasteiger partial charge in [-0.15, -0.1) is 0 Å². The molecular formula is C9H18F2O3S. The van der Waals surface area contributed by atoms with Crippen LogP contribution in [0, 0.1) is 0 Å². The van der Waals surface area contributed by atoms with Crippen molar-refractivity contribution in [3.05, 3.63) is 0 Å². The van der Waals surface area contributed by atoms with Crippen molar-refractivity contribution in [2.45, 2.75) is 57.8 Å². The molecule has 0 aliphatic carbocycles. The lowest BCUT2D eigenvalue weighted by molar-refractivity contribution is 0.0820. The molecule has 0 aromatic rings. The summed E-state index contributed by atoms with van der Waals surface area (Å²) in [5, 5.41) is -3.83. The Morgan fingerprint density at radius 1 is 1.33 bits per heavy atom. The highest BCUT2D eigenvalue weighted by molar-refractivity contribution is 7.87. The van der Waals surface area contributed by atoms with Crippen LogP contribution in [0.3, 0.4) is 0 Å². The van der Waals surface area contributed by atoms with Gasteiger partial charge in [0.2, 0.25) is 0 Å². The zero-order valence-corrected chi connectivity index (χ0v) is 10.1. The largest absolute Gasteiger partial charge is 0.367 e. The zero-order chi connectivity index (χ0) is 12.1. The monoisotopic (exact) mass is 244 g/mol. The van der Waals surface area contributed by atoms with Crippen LogP contribution in [0.5, 0.6) is 0 Å². The van der Waals surface area contributed by atoms with Crippen LogP contribution >= 0.6 is 0 Å². The molecule has 0 rings (SSSR count). The van der Waals surface area contributed by atoms with Crippen LogP contribution in [0.2, 0.25) is 0 Å². The van der Waals surface area contributed by atoms with Crippen molar-refractivity contribution in [1.82, 2.24) is 0 Å². The molecule has 3 nitrogen and oxygen atoms in total. The van der Waals surface area contributed by atoms with Gasteiger partial charge in [-0.3, -0.25) is 4.18 Å². The first-order valence-electron chi connectivity index (χ1n) is 5.01. The minimum atomic E-state index is -4.77. The molecular weight excluding hydrogens is 226 g/mol. The number of rotatable bonds is 7. The van der Waals surface area contributed by atoms with Crippen molar-refractivity contribution in [2.24, 2.45) is 0 Å². The molecule has 0 aliphatic heterocycles. The van der Waals surface area contributed by atoms with Crippen LogP contribution in [-0.2, 0) is 14.3 Å². The molecule has 0 fully saturated rings. The number of hydrogen-bond acceptors (Lipinski definition) is 3. The van der Waals surface area contributed by atoms with Crippen molar-refractivity contribution in [1.29, 1.82) is 0 Å². The Hall–Kier alpha value is -0.230. The van der Waals surface area contributed by atoms with Crippen molar-refractivity contribution in [3.63, 3.8) is 0 Å². The summed E-state index contributed by atoms with van der Waals surface area (Å²) in [6, 6.07) is 0. The maximum Gasteiger partial charge on any atom is 0.367 e. The molecule has 0 bridgehead atoms. The Kier molecular flexibility index (Phi) is 5.66. The molecule has 0 radical (unpaired) electrons. The van der Waals surface area contributed by atoms with Crippen molar-refractivity contribution >= 4 is 10.1 Å². The van der Waals surface area contributed by atoms with E-state index < -0.39 is 21.5 Å². The van der Waals surface area contributed by atoms with E-state index in [1.807, 2.05) is 6.92 Å². The minimum Gasteiger partial charge on any atom is -0.262 e. The van der Waals surface area contributed by atoms with E-state index in [9.17, 15) is 17.2 Å². The molecule has 0 heterocycles. The second-order valence-corrected chi connectivity index (χ2v) is 5.48. The third kappa shape index (κ3) is 5.41. The zero-order valence-electron chi connectivity index (χ0n) is 9.29. The SMILES string of the molecule is CCCCCC(C)OS(=O)(=O)C(C)(F)F. The van der Waals surface area contributed by atoms with Gasteiger partial charge in [0.1, 0.15) is 0 Å². The maximum atomic E-state index is 12.5. The van der Waals surface area contributed by atoms with E-state index in [0.29, 0.717) is 13.3 Å². The van der Waals surface area contributed by atoms with E-state index >= 15 is 0 Å². The van der Waals surface area contributed by atoms with Crippen molar-refractivity contribution in [2.75, 3.05) is 0 Å². The summed E-state index contributed by atoms with van der Waals surface area (Å²) in [6.07, 6.45) is 2.50. The Bertz CT molecular complexity index is 270. The molecule has 1 atom stereocenters. The molecule has 0 aliphatic rings. The lowest BCUT2D eigenvalue weighted by atomic mass is 10.1. The van der Waals surface area contributed by atoms with Crippen LogP contribution in [0.15, 0.2) is 0 Å². The number of hydrogen-bond donors (Lipinski definition) is 0. The van der Waals surface area contributed by atoms with E-state index in [-0.39, 0.29) is 0 Å². The molecule has 92 valence electrons. The van der Waals surface area contributed by atoms with E-state index in [2.05, 4.69) is 4.18 Å². The summed E-state index contributed by atoms with van der Waals surface area (Å²) in [5.74, 6) is 0. The molecule has 0 N–H and O–H groups in total. The molecule has 0 saturated heterocycles. The van der Waals surface area contributed by atoms with Crippen LogP contribution in [0.25, 0.3) is 0 Å². The quantitative estimate of drug-likeness (QED) is 0.511. The van der Waals surface area contributed by atoms with Gasteiger partial charge in [0.15, 0.2) is 0 Å². The average Bonchev–Trinajstić information content (AvgIpc) is 2.01. The molecule has 0 aromatic carbocycles. The van der Waals surface area contributed by atoms with Gasteiger partial charge in [-0.05, 0) is 13.3 Å². The first-order chi connectivity index (χ1) is 6.70. The molecule has 6 heteroatoms. The minimum absolute atomic E-state index is 0.321. The van der Waals surface area contributed by atoms with Gasteiger partial charge >= 0.3 is 15.4 Å². The normalized spacial score (nSPS) is 15.3. The van der Waals surface area contributed by atoms with E-state index in [1.54, 1.807) is 0 Å². The molecule has 0 saturated carbocycles. The first kappa shape index (κ1) is 14.8. The van der Waals surface area contributed by atoms with Crippen LogP contribution < -0.4 is 0 Å². The fourth-order valence-electron chi connectivity index (χ4n) is 1.03. The van der Waals surface area contributed by atoms with Crippen LogP contribution in [0.1, 0.15) is 46.5 Å². The summed E-state index contributed by atoms with van der Waals surface area (Å²) in [4.78, 5) is 0. The molecule has 0 aromatic heterocycles. The Labute approximate surface area is 89.9 Å². The summed E-state index contributed by atoms with van der Waals surface area (Å²) >= 11 is 0. The predicted molar refractivity (Wildman–Crippen MR) is 54.2 cm³/mol. The Balaban J connectivity index is 4.12. The summed E-state index contributed by atoms with van der Waals surface area (Å²) in [6.45, 7) is 3.81. The molecule has 15 heavy (non-hydrogen) atoms. The second-order valence-electron chi connectivity index (χ2n) is 3.66. The summed E-state index contributed by atoms with van der Waals surface area (Å²) in [7, 11) is -4.77. The molecule has 0 spiro atoms. The predicted octanol–water partition coefficient (Wildman–Crippen LogP) is 2.91. The maximum absolute atomic E-state index is 12.5.